The van der Waals surface area contributed by atoms with Crippen LogP contribution in [0.5, 0.6) is 5.75 Å². The molecule has 3 aromatic carbocycles. The Morgan fingerprint density at radius 1 is 0.758 bits per heavy atom. The molecule has 0 unspecified atom stereocenters. The molecule has 1 aliphatic heterocycles. The number of rotatable bonds is 8. The number of ether oxygens (including phenoxy) is 1. The SMILES string of the molecule is COc1ccc(NS(=O)(=O)c2ccc(N3CCCC3)c(NS(=O)(=O)c3ccccc3)c2)cc1. The number of nitrogens with zero attached hydrogens (tertiary/aromatic N) is 1. The fourth-order valence-corrected chi connectivity index (χ4v) is 5.85. The zero-order chi connectivity index (χ0) is 23.5. The van der Waals surface area contributed by atoms with Crippen LogP contribution in [0.15, 0.2) is 82.6 Å². The van der Waals surface area contributed by atoms with E-state index < -0.39 is 20.0 Å². The standard InChI is InChI=1S/C23H25N3O5S2/c1-31-19-11-9-18(10-12-19)24-33(29,30)21-13-14-23(26-15-5-6-16-26)22(17-21)25-32(27,28)20-7-3-2-4-8-20/h2-4,7-14,17,24-25H,5-6,15-16H2,1H3. The number of nitrogens with one attached hydrogen (secondary N) is 2. The fraction of sp³-hybridized carbons (Fsp3) is 0.217. The lowest BCUT2D eigenvalue weighted by atomic mass is 10.2. The van der Waals surface area contributed by atoms with Gasteiger partial charge in [0.15, 0.2) is 0 Å². The third-order valence-corrected chi connectivity index (χ3v) is 8.13. The van der Waals surface area contributed by atoms with Gasteiger partial charge < -0.3 is 9.64 Å². The maximum atomic E-state index is 13.0. The van der Waals surface area contributed by atoms with E-state index in [1.165, 1.54) is 31.4 Å². The van der Waals surface area contributed by atoms with Crippen molar-refractivity contribution in [2.45, 2.75) is 22.6 Å². The average Bonchev–Trinajstić information content (AvgIpc) is 3.34. The van der Waals surface area contributed by atoms with Crippen molar-refractivity contribution in [2.24, 2.45) is 0 Å². The first-order valence-electron chi connectivity index (χ1n) is 10.4. The molecule has 0 bridgehead atoms. The van der Waals surface area contributed by atoms with Crippen LogP contribution in [0.4, 0.5) is 17.1 Å². The monoisotopic (exact) mass is 487 g/mol. The lowest BCUT2D eigenvalue weighted by molar-refractivity contribution is 0.415. The Balaban J connectivity index is 1.69. The molecule has 8 nitrogen and oxygen atoms in total. The molecule has 10 heteroatoms. The highest BCUT2D eigenvalue weighted by Crippen LogP contribution is 2.33. The molecule has 1 heterocycles. The molecule has 0 amide bonds. The van der Waals surface area contributed by atoms with Gasteiger partial charge in [-0.15, -0.1) is 0 Å². The topological polar surface area (TPSA) is 105 Å². The van der Waals surface area contributed by atoms with Gasteiger partial charge in [0, 0.05) is 18.8 Å². The molecule has 0 atom stereocenters. The molecule has 0 aromatic heterocycles. The first-order chi connectivity index (χ1) is 15.8. The summed E-state index contributed by atoms with van der Waals surface area (Å²) in [6.07, 6.45) is 1.98. The highest BCUT2D eigenvalue weighted by Gasteiger charge is 2.23. The largest absolute Gasteiger partial charge is 0.497 e. The summed E-state index contributed by atoms with van der Waals surface area (Å²) >= 11 is 0. The van der Waals surface area contributed by atoms with Crippen molar-refractivity contribution >= 4 is 37.1 Å². The minimum absolute atomic E-state index is 0.0490. The first-order valence-corrected chi connectivity index (χ1v) is 13.4. The highest BCUT2D eigenvalue weighted by atomic mass is 32.2. The zero-order valence-electron chi connectivity index (χ0n) is 18.1. The molecule has 0 aliphatic carbocycles. The second-order valence-corrected chi connectivity index (χ2v) is 11.0. The van der Waals surface area contributed by atoms with Crippen LogP contribution in [-0.4, -0.2) is 37.0 Å². The molecular formula is C23H25N3O5S2. The van der Waals surface area contributed by atoms with Crippen LogP contribution in [-0.2, 0) is 20.0 Å². The van der Waals surface area contributed by atoms with Crippen molar-refractivity contribution in [3.8, 4) is 5.75 Å². The van der Waals surface area contributed by atoms with Crippen molar-refractivity contribution in [1.29, 1.82) is 0 Å². The van der Waals surface area contributed by atoms with Crippen LogP contribution >= 0.6 is 0 Å². The summed E-state index contributed by atoms with van der Waals surface area (Å²) in [6.45, 7) is 1.55. The molecule has 0 spiro atoms. The third-order valence-electron chi connectivity index (χ3n) is 5.37. The summed E-state index contributed by atoms with van der Waals surface area (Å²) in [5, 5.41) is 0. The van der Waals surface area contributed by atoms with Gasteiger partial charge in [-0.3, -0.25) is 9.44 Å². The number of hydrogen-bond donors (Lipinski definition) is 2. The van der Waals surface area contributed by atoms with Crippen molar-refractivity contribution in [3.63, 3.8) is 0 Å². The summed E-state index contributed by atoms with van der Waals surface area (Å²) < 4.78 is 62.2. The van der Waals surface area contributed by atoms with Gasteiger partial charge in [0.05, 0.1) is 28.3 Å². The van der Waals surface area contributed by atoms with E-state index in [0.717, 1.165) is 25.9 Å². The Morgan fingerprint density at radius 3 is 2.03 bits per heavy atom. The van der Waals surface area contributed by atoms with Crippen molar-refractivity contribution in [1.82, 2.24) is 0 Å². The molecule has 1 fully saturated rings. The Morgan fingerprint density at radius 2 is 1.39 bits per heavy atom. The van der Waals surface area contributed by atoms with E-state index in [0.29, 0.717) is 17.1 Å². The van der Waals surface area contributed by atoms with Gasteiger partial charge in [-0.2, -0.15) is 0 Å². The van der Waals surface area contributed by atoms with E-state index in [1.54, 1.807) is 48.5 Å². The average molecular weight is 488 g/mol. The van der Waals surface area contributed by atoms with E-state index in [4.69, 9.17) is 4.74 Å². The maximum absolute atomic E-state index is 13.0. The molecule has 2 N–H and O–H groups in total. The summed E-state index contributed by atoms with van der Waals surface area (Å²) in [7, 11) is -6.33. The van der Waals surface area contributed by atoms with Crippen molar-refractivity contribution in [3.05, 3.63) is 72.8 Å². The van der Waals surface area contributed by atoms with Crippen LogP contribution in [0.2, 0.25) is 0 Å². The molecular weight excluding hydrogens is 462 g/mol. The maximum Gasteiger partial charge on any atom is 0.261 e. The van der Waals surface area contributed by atoms with E-state index >= 15 is 0 Å². The summed E-state index contributed by atoms with van der Waals surface area (Å²) in [4.78, 5) is 2.10. The van der Waals surface area contributed by atoms with Crippen LogP contribution in [0.25, 0.3) is 0 Å². The number of hydrogen-bond acceptors (Lipinski definition) is 6. The minimum Gasteiger partial charge on any atom is -0.497 e. The van der Waals surface area contributed by atoms with Gasteiger partial charge in [-0.1, -0.05) is 18.2 Å². The van der Waals surface area contributed by atoms with E-state index in [2.05, 4.69) is 14.3 Å². The Bertz CT molecular complexity index is 1320. The molecule has 4 rings (SSSR count). The fourth-order valence-electron chi connectivity index (χ4n) is 3.67. The van der Waals surface area contributed by atoms with Gasteiger partial charge in [-0.25, -0.2) is 16.8 Å². The Hall–Kier alpha value is -3.24. The van der Waals surface area contributed by atoms with Crippen molar-refractivity contribution in [2.75, 3.05) is 34.5 Å². The summed E-state index contributed by atoms with van der Waals surface area (Å²) in [5.74, 6) is 0.602. The Kier molecular flexibility index (Phi) is 6.48. The van der Waals surface area contributed by atoms with Gasteiger partial charge in [0.25, 0.3) is 20.0 Å². The van der Waals surface area contributed by atoms with Crippen LogP contribution in [0.1, 0.15) is 12.8 Å². The smallest absolute Gasteiger partial charge is 0.261 e. The number of anilines is 3. The van der Waals surface area contributed by atoms with Gasteiger partial charge in [-0.05, 0) is 67.4 Å². The molecule has 33 heavy (non-hydrogen) atoms. The quantitative estimate of drug-likeness (QED) is 0.499. The predicted octanol–water partition coefficient (Wildman–Crippen LogP) is 3.90. The summed E-state index contributed by atoms with van der Waals surface area (Å²) in [6, 6.07) is 18.9. The van der Waals surface area contributed by atoms with Gasteiger partial charge in [0.2, 0.25) is 0 Å². The van der Waals surface area contributed by atoms with E-state index in [9.17, 15) is 16.8 Å². The van der Waals surface area contributed by atoms with Crippen LogP contribution in [0.3, 0.4) is 0 Å². The normalized spacial score (nSPS) is 14.2. The van der Waals surface area contributed by atoms with Crippen LogP contribution < -0.4 is 19.1 Å². The van der Waals surface area contributed by atoms with E-state index in [1.807, 2.05) is 0 Å². The van der Waals surface area contributed by atoms with Crippen molar-refractivity contribution < 1.29 is 21.6 Å². The predicted molar refractivity (Wildman–Crippen MR) is 129 cm³/mol. The lowest BCUT2D eigenvalue weighted by Gasteiger charge is -2.23. The molecule has 1 saturated heterocycles. The number of benzene rings is 3. The molecule has 3 aromatic rings. The Labute approximate surface area is 194 Å². The number of sulfonamides is 2. The van der Waals surface area contributed by atoms with Gasteiger partial charge >= 0.3 is 0 Å². The van der Waals surface area contributed by atoms with Gasteiger partial charge in [0.1, 0.15) is 5.75 Å². The summed E-state index contributed by atoms with van der Waals surface area (Å²) in [5.41, 5.74) is 1.24. The second-order valence-electron chi connectivity index (χ2n) is 7.63. The number of methoxy groups -OCH3 is 1. The third kappa shape index (κ3) is 5.23. The highest BCUT2D eigenvalue weighted by molar-refractivity contribution is 7.93. The molecule has 174 valence electrons. The second kappa shape index (κ2) is 9.32. The lowest BCUT2D eigenvalue weighted by Crippen LogP contribution is -2.22. The molecule has 0 saturated carbocycles. The minimum atomic E-state index is -3.96. The molecule has 1 aliphatic rings. The molecule has 0 radical (unpaired) electrons. The van der Waals surface area contributed by atoms with Crippen LogP contribution in [0, 0.1) is 0 Å². The van der Waals surface area contributed by atoms with E-state index in [-0.39, 0.29) is 15.5 Å². The zero-order valence-corrected chi connectivity index (χ0v) is 19.7. The first kappa shape index (κ1) is 22.9.